The molecule has 2 rings (SSSR count). The molecule has 2 atom stereocenters. The lowest BCUT2D eigenvalue weighted by molar-refractivity contribution is -0.00177. The van der Waals surface area contributed by atoms with Crippen molar-refractivity contribution in [3.05, 3.63) is 23.0 Å². The van der Waals surface area contributed by atoms with Crippen LogP contribution in [0.4, 0.5) is 10.1 Å². The van der Waals surface area contributed by atoms with Crippen molar-refractivity contribution < 1.29 is 19.0 Å². The number of nitrogens with one attached hydrogen (secondary N) is 2. The highest BCUT2D eigenvalue weighted by atomic mass is 35.5. The van der Waals surface area contributed by atoms with Crippen LogP contribution in [0, 0.1) is 0 Å². The Morgan fingerprint density at radius 1 is 1.65 bits per heavy atom. The number of carbonyl (C=O) groups is 1. The lowest BCUT2D eigenvalue weighted by Crippen LogP contribution is -2.42. The second-order valence-electron chi connectivity index (χ2n) is 6.09. The third-order valence-corrected chi connectivity index (χ3v) is 3.82. The van der Waals surface area contributed by atoms with Gasteiger partial charge >= 0.3 is 0 Å². The van der Waals surface area contributed by atoms with Crippen LogP contribution in [0.1, 0.15) is 30.6 Å². The molecule has 1 aliphatic rings. The Morgan fingerprint density at radius 2 is 2.39 bits per heavy atom. The van der Waals surface area contributed by atoms with Gasteiger partial charge in [-0.2, -0.15) is 0 Å². The number of aliphatic hydroxyl groups is 1. The predicted molar refractivity (Wildman–Crippen MR) is 85.6 cm³/mol. The molecule has 0 radical (unpaired) electrons. The molecule has 1 fully saturated rings. The summed E-state index contributed by atoms with van der Waals surface area (Å²) in [4.78, 5) is 16.2. The molecule has 1 aliphatic heterocycles. The van der Waals surface area contributed by atoms with Crippen LogP contribution in [0.25, 0.3) is 0 Å². The molecular formula is C15H21ClFN3O3. The minimum atomic E-state index is -1.58. The first-order valence-electron chi connectivity index (χ1n) is 7.42. The fourth-order valence-corrected chi connectivity index (χ4v) is 2.28. The number of hydrogen-bond donors (Lipinski definition) is 3. The van der Waals surface area contributed by atoms with Gasteiger partial charge in [-0.3, -0.25) is 4.79 Å². The van der Waals surface area contributed by atoms with E-state index in [2.05, 4.69) is 15.6 Å². The summed E-state index contributed by atoms with van der Waals surface area (Å²) in [5.74, 6) is -0.484. The van der Waals surface area contributed by atoms with Crippen molar-refractivity contribution in [3.63, 3.8) is 0 Å². The lowest BCUT2D eigenvalue weighted by Gasteiger charge is -2.23. The summed E-state index contributed by atoms with van der Waals surface area (Å²) in [5.41, 5.74) is -0.728. The molecule has 0 bridgehead atoms. The monoisotopic (exact) mass is 345 g/mol. The van der Waals surface area contributed by atoms with Gasteiger partial charge < -0.3 is 20.5 Å². The maximum Gasteiger partial charge on any atom is 0.255 e. The Kier molecular flexibility index (Phi) is 5.78. The topological polar surface area (TPSA) is 83.5 Å². The van der Waals surface area contributed by atoms with Crippen LogP contribution in [-0.2, 0) is 4.74 Å². The van der Waals surface area contributed by atoms with E-state index in [0.29, 0.717) is 18.9 Å². The van der Waals surface area contributed by atoms with Gasteiger partial charge in [-0.15, -0.1) is 0 Å². The zero-order chi connectivity index (χ0) is 17.0. The average molecular weight is 346 g/mol. The average Bonchev–Trinajstić information content (AvgIpc) is 2.96. The maximum absolute atomic E-state index is 13.7. The van der Waals surface area contributed by atoms with Crippen LogP contribution in [-0.4, -0.2) is 53.6 Å². The Balaban J connectivity index is 2.06. The zero-order valence-corrected chi connectivity index (χ0v) is 13.9. The van der Waals surface area contributed by atoms with Crippen LogP contribution < -0.4 is 10.6 Å². The van der Waals surface area contributed by atoms with Gasteiger partial charge in [0.15, 0.2) is 0 Å². The van der Waals surface area contributed by atoms with E-state index in [0.717, 1.165) is 6.42 Å². The van der Waals surface area contributed by atoms with E-state index in [1.54, 1.807) is 6.07 Å². The van der Waals surface area contributed by atoms with Gasteiger partial charge in [-0.05, 0) is 26.3 Å². The van der Waals surface area contributed by atoms with E-state index in [-0.39, 0.29) is 23.3 Å². The summed E-state index contributed by atoms with van der Waals surface area (Å²) >= 11 is 5.89. The Morgan fingerprint density at radius 3 is 3.00 bits per heavy atom. The van der Waals surface area contributed by atoms with Crippen molar-refractivity contribution in [2.45, 2.75) is 38.1 Å². The highest BCUT2D eigenvalue weighted by Gasteiger charge is 2.27. The molecule has 3 N–H and O–H groups in total. The second kappa shape index (κ2) is 7.42. The molecule has 0 aliphatic carbocycles. The number of ether oxygens (including phenoxy) is 1. The number of carbonyl (C=O) groups excluding carboxylic acids is 1. The van der Waals surface area contributed by atoms with Gasteiger partial charge in [0.05, 0.1) is 36.0 Å². The molecular weight excluding hydrogens is 325 g/mol. The number of anilines is 1. The van der Waals surface area contributed by atoms with Crippen molar-refractivity contribution in [2.75, 3.05) is 25.1 Å². The fraction of sp³-hybridized carbons (Fsp3) is 0.600. The number of nitrogens with zero attached hydrogens (tertiary/aromatic N) is 1. The minimum absolute atomic E-state index is 0.0883. The molecule has 128 valence electrons. The van der Waals surface area contributed by atoms with E-state index in [1.807, 2.05) is 0 Å². The Bertz CT molecular complexity index is 559. The summed E-state index contributed by atoms with van der Waals surface area (Å²) in [6, 6.07) is 1.64. The molecule has 0 aromatic carbocycles. The standard InChI is InChI=1S/C15H21ClFN3O3/c1-15(2,22)12(17)7-19-14(21)10-6-18-13(16)5-11(10)20-9-3-4-23-8-9/h5-6,9,12,22H,3-4,7-8H2,1-2H3,(H,18,20)(H,19,21)/t9-,12-/m1/s1. The number of aromatic nitrogens is 1. The number of halogens is 2. The number of rotatable bonds is 6. The fourth-order valence-electron chi connectivity index (χ4n) is 2.13. The summed E-state index contributed by atoms with van der Waals surface area (Å²) < 4.78 is 19.0. The molecule has 1 amide bonds. The van der Waals surface area contributed by atoms with E-state index >= 15 is 0 Å². The van der Waals surface area contributed by atoms with Crippen molar-refractivity contribution in [1.82, 2.24) is 10.3 Å². The molecule has 2 heterocycles. The number of amides is 1. The smallest absolute Gasteiger partial charge is 0.255 e. The van der Waals surface area contributed by atoms with Gasteiger partial charge in [-0.25, -0.2) is 9.37 Å². The summed E-state index contributed by atoms with van der Waals surface area (Å²) in [7, 11) is 0. The first kappa shape index (κ1) is 17.9. The Hall–Kier alpha value is -1.44. The van der Waals surface area contributed by atoms with Crippen molar-refractivity contribution >= 4 is 23.2 Å². The van der Waals surface area contributed by atoms with Crippen LogP contribution in [0.15, 0.2) is 12.3 Å². The molecule has 8 heteroatoms. The van der Waals surface area contributed by atoms with Gasteiger partial charge in [0, 0.05) is 12.8 Å². The van der Waals surface area contributed by atoms with E-state index in [1.165, 1.54) is 20.0 Å². The van der Waals surface area contributed by atoms with Gasteiger partial charge in [0.1, 0.15) is 11.3 Å². The third kappa shape index (κ3) is 5.02. The minimum Gasteiger partial charge on any atom is -0.387 e. The summed E-state index contributed by atoms with van der Waals surface area (Å²) in [5, 5.41) is 15.5. The van der Waals surface area contributed by atoms with Crippen LogP contribution >= 0.6 is 11.6 Å². The third-order valence-electron chi connectivity index (χ3n) is 3.61. The van der Waals surface area contributed by atoms with Crippen LogP contribution in [0.2, 0.25) is 5.15 Å². The van der Waals surface area contributed by atoms with E-state index in [4.69, 9.17) is 16.3 Å². The van der Waals surface area contributed by atoms with Gasteiger partial charge in [0.2, 0.25) is 0 Å². The van der Waals surface area contributed by atoms with Crippen LogP contribution in [0.5, 0.6) is 0 Å². The lowest BCUT2D eigenvalue weighted by atomic mass is 10.0. The molecule has 0 spiro atoms. The molecule has 1 aromatic heterocycles. The second-order valence-corrected chi connectivity index (χ2v) is 6.48. The highest BCUT2D eigenvalue weighted by Crippen LogP contribution is 2.22. The molecule has 1 aromatic rings. The zero-order valence-electron chi connectivity index (χ0n) is 13.1. The number of alkyl halides is 1. The largest absolute Gasteiger partial charge is 0.387 e. The first-order chi connectivity index (χ1) is 10.8. The molecule has 1 saturated heterocycles. The molecule has 6 nitrogen and oxygen atoms in total. The summed E-state index contributed by atoms with van der Waals surface area (Å²) in [6.07, 6.45) is 0.589. The maximum atomic E-state index is 13.7. The van der Waals surface area contributed by atoms with E-state index in [9.17, 15) is 14.3 Å². The van der Waals surface area contributed by atoms with Gasteiger partial charge in [-0.1, -0.05) is 11.6 Å². The van der Waals surface area contributed by atoms with Crippen molar-refractivity contribution in [3.8, 4) is 0 Å². The normalized spacial score (nSPS) is 19.4. The Labute approximate surface area is 139 Å². The van der Waals surface area contributed by atoms with Crippen LogP contribution in [0.3, 0.4) is 0 Å². The molecule has 0 saturated carbocycles. The van der Waals surface area contributed by atoms with E-state index < -0.39 is 17.7 Å². The summed E-state index contributed by atoms with van der Waals surface area (Å²) in [6.45, 7) is 3.61. The molecule has 23 heavy (non-hydrogen) atoms. The quantitative estimate of drug-likeness (QED) is 0.684. The highest BCUT2D eigenvalue weighted by molar-refractivity contribution is 6.29. The number of pyridine rings is 1. The predicted octanol–water partition coefficient (Wildman–Crippen LogP) is 1.77. The molecule has 0 unspecified atom stereocenters. The van der Waals surface area contributed by atoms with Crippen molar-refractivity contribution in [1.29, 1.82) is 0 Å². The van der Waals surface area contributed by atoms with Gasteiger partial charge in [0.25, 0.3) is 5.91 Å². The number of hydrogen-bond acceptors (Lipinski definition) is 5. The SMILES string of the molecule is CC(C)(O)[C@H](F)CNC(=O)c1cnc(Cl)cc1N[C@@H]1CCOC1. The van der Waals surface area contributed by atoms with Crippen molar-refractivity contribution in [2.24, 2.45) is 0 Å². The first-order valence-corrected chi connectivity index (χ1v) is 7.79.